The van der Waals surface area contributed by atoms with Gasteiger partial charge in [-0.15, -0.1) is 0 Å². The maximum absolute atomic E-state index is 13.7. The van der Waals surface area contributed by atoms with Crippen LogP contribution < -0.4 is 11.1 Å². The van der Waals surface area contributed by atoms with Crippen molar-refractivity contribution in [2.75, 3.05) is 0 Å². The number of pyridine rings is 2. The molecule has 0 bridgehead atoms. The molecule has 0 N–H and O–H groups in total. The van der Waals surface area contributed by atoms with Crippen LogP contribution >= 0.6 is 0 Å². The predicted octanol–water partition coefficient (Wildman–Crippen LogP) is 4.96. The first-order valence-electron chi connectivity index (χ1n) is 11.2. The van der Waals surface area contributed by atoms with E-state index in [2.05, 4.69) is 0 Å². The lowest BCUT2D eigenvalue weighted by molar-refractivity contribution is 1.18. The second-order valence-electron chi connectivity index (χ2n) is 9.21. The summed E-state index contributed by atoms with van der Waals surface area (Å²) in [6.07, 6.45) is 0. The summed E-state index contributed by atoms with van der Waals surface area (Å²) in [5, 5.41) is 4.44. The van der Waals surface area contributed by atoms with Gasteiger partial charge in [0.1, 0.15) is 11.3 Å². The molecule has 0 spiro atoms. The zero-order valence-corrected chi connectivity index (χ0v) is 18.4. The molecule has 0 radical (unpaired) electrons. The molecule has 4 aromatic carbocycles. The van der Waals surface area contributed by atoms with Crippen LogP contribution in [0.2, 0.25) is 0 Å². The van der Waals surface area contributed by atoms with Gasteiger partial charge in [-0.1, -0.05) is 12.1 Å². The summed E-state index contributed by atoms with van der Waals surface area (Å²) in [6, 6.07) is 19.4. The molecule has 0 saturated carbocycles. The number of hydrogen-bond acceptors (Lipinski definition) is 4. The summed E-state index contributed by atoms with van der Waals surface area (Å²) in [5.41, 5.74) is 6.29. The van der Waals surface area contributed by atoms with Crippen LogP contribution in [0.4, 0.5) is 0 Å². The molecule has 0 aliphatic rings. The van der Waals surface area contributed by atoms with E-state index in [1.54, 1.807) is 20.9 Å². The summed E-state index contributed by atoms with van der Waals surface area (Å²) < 4.78 is 3.39. The van der Waals surface area contributed by atoms with E-state index in [1.165, 1.54) is 0 Å². The Bertz CT molecular complexity index is 2270. The molecule has 4 heterocycles. The number of imidazole rings is 2. The average Bonchev–Trinajstić information content (AvgIpc) is 3.39. The van der Waals surface area contributed by atoms with Gasteiger partial charge in [-0.25, -0.2) is 9.97 Å². The summed E-state index contributed by atoms with van der Waals surface area (Å²) in [5.74, 6) is 0. The minimum absolute atomic E-state index is 0.124. The van der Waals surface area contributed by atoms with E-state index >= 15 is 0 Å². The Morgan fingerprint density at radius 2 is 1.09 bits per heavy atom. The lowest BCUT2D eigenvalue weighted by Gasteiger charge is -2.12. The number of nitrogens with zero attached hydrogens (tertiary/aromatic N) is 4. The number of hydrogen-bond donors (Lipinski definition) is 0. The molecule has 8 rings (SSSR count). The molecule has 6 heteroatoms. The van der Waals surface area contributed by atoms with Crippen molar-refractivity contribution in [1.29, 1.82) is 0 Å². The Balaban J connectivity index is 1.69. The first-order valence-corrected chi connectivity index (χ1v) is 11.2. The molecule has 0 fully saturated rings. The number of aryl methyl sites for hydroxylation is 2. The zero-order chi connectivity index (χ0) is 22.9. The summed E-state index contributed by atoms with van der Waals surface area (Å²) in [4.78, 5) is 37.1. The van der Waals surface area contributed by atoms with Crippen molar-refractivity contribution in [3.8, 4) is 0 Å². The third kappa shape index (κ3) is 1.94. The van der Waals surface area contributed by atoms with E-state index in [-0.39, 0.29) is 11.1 Å². The van der Waals surface area contributed by atoms with Gasteiger partial charge in [0.2, 0.25) is 0 Å². The van der Waals surface area contributed by atoms with E-state index in [9.17, 15) is 9.59 Å². The lowest BCUT2D eigenvalue weighted by Crippen LogP contribution is -2.16. The highest BCUT2D eigenvalue weighted by Crippen LogP contribution is 2.36. The normalized spacial score (nSPS) is 12.6. The van der Waals surface area contributed by atoms with Crippen molar-refractivity contribution in [1.82, 2.24) is 18.8 Å². The minimum Gasteiger partial charge on any atom is -0.268 e. The van der Waals surface area contributed by atoms with Crippen molar-refractivity contribution in [2.24, 2.45) is 0 Å². The number of fused-ring (bicyclic) bond motifs is 8. The number of aromatic nitrogens is 4. The average molecular weight is 440 g/mol. The van der Waals surface area contributed by atoms with Crippen LogP contribution in [0.3, 0.4) is 0 Å². The molecule has 6 nitrogen and oxygen atoms in total. The molecule has 8 aromatic rings. The van der Waals surface area contributed by atoms with Gasteiger partial charge in [-0.2, -0.15) is 0 Å². The molecule has 0 unspecified atom stereocenters. The van der Waals surface area contributed by atoms with Crippen LogP contribution in [0.1, 0.15) is 11.1 Å². The highest BCUT2D eigenvalue weighted by molar-refractivity contribution is 6.27. The van der Waals surface area contributed by atoms with Crippen LogP contribution in [0.5, 0.6) is 0 Å². The molecular formula is C28H16N4O2. The van der Waals surface area contributed by atoms with Crippen molar-refractivity contribution in [2.45, 2.75) is 13.8 Å². The molecule has 160 valence electrons. The molecule has 34 heavy (non-hydrogen) atoms. The highest BCUT2D eigenvalue weighted by atomic mass is 16.1. The number of rotatable bonds is 0. The van der Waals surface area contributed by atoms with Gasteiger partial charge in [0.25, 0.3) is 11.1 Å². The second kappa shape index (κ2) is 5.66. The number of benzene rings is 4. The minimum atomic E-state index is -0.125. The van der Waals surface area contributed by atoms with Gasteiger partial charge in [0.15, 0.2) is 0 Å². The molecule has 4 aromatic heterocycles. The van der Waals surface area contributed by atoms with Crippen LogP contribution in [-0.4, -0.2) is 18.8 Å². The Morgan fingerprint density at radius 1 is 0.559 bits per heavy atom. The summed E-state index contributed by atoms with van der Waals surface area (Å²) >= 11 is 0. The van der Waals surface area contributed by atoms with Gasteiger partial charge >= 0.3 is 0 Å². The van der Waals surface area contributed by atoms with Gasteiger partial charge in [0, 0.05) is 32.3 Å². The standard InChI is InChI=1S/C28H16N4O2/c1-13-4-10-21-20(11-13)30-26-16-6-5-15-23-18(8-7-17(24(16)23)27(33)31(21)26)28(34)32-22-12-14(2)3-9-19(22)29-25(15)32/h3-12H,1-2H3. The van der Waals surface area contributed by atoms with Crippen molar-refractivity contribution >= 4 is 65.7 Å². The molecular weight excluding hydrogens is 424 g/mol. The Kier molecular flexibility index (Phi) is 2.98. The smallest absolute Gasteiger partial charge is 0.264 e. The van der Waals surface area contributed by atoms with Crippen LogP contribution in [0.25, 0.3) is 65.7 Å². The SMILES string of the molecule is Cc1ccc2c(c1)nc1c3ccc4c5c(ccc(c(=O)n21)c35)c(=O)n1c2cc(C)ccc2nc41. The Labute approximate surface area is 191 Å². The van der Waals surface area contributed by atoms with E-state index in [0.717, 1.165) is 54.7 Å². The van der Waals surface area contributed by atoms with Crippen molar-refractivity contribution in [3.63, 3.8) is 0 Å². The fraction of sp³-hybridized carbons (Fsp3) is 0.0714. The lowest BCUT2D eigenvalue weighted by atomic mass is 9.96. The van der Waals surface area contributed by atoms with E-state index in [1.807, 2.05) is 62.4 Å². The van der Waals surface area contributed by atoms with Gasteiger partial charge in [-0.05, 0) is 73.5 Å². The maximum atomic E-state index is 13.7. The highest BCUT2D eigenvalue weighted by Gasteiger charge is 2.22. The van der Waals surface area contributed by atoms with Crippen LogP contribution in [-0.2, 0) is 0 Å². The van der Waals surface area contributed by atoms with Gasteiger partial charge < -0.3 is 0 Å². The summed E-state index contributed by atoms with van der Waals surface area (Å²) in [7, 11) is 0. The zero-order valence-electron chi connectivity index (χ0n) is 18.4. The van der Waals surface area contributed by atoms with Crippen molar-refractivity contribution < 1.29 is 0 Å². The topological polar surface area (TPSA) is 68.7 Å². The second-order valence-corrected chi connectivity index (χ2v) is 9.21. The maximum Gasteiger partial charge on any atom is 0.264 e. The third-order valence-electron chi connectivity index (χ3n) is 7.13. The molecule has 0 atom stereocenters. The van der Waals surface area contributed by atoms with Crippen molar-refractivity contribution in [3.05, 3.63) is 92.5 Å². The molecule has 0 amide bonds. The summed E-state index contributed by atoms with van der Waals surface area (Å²) in [6.45, 7) is 4.02. The monoisotopic (exact) mass is 440 g/mol. The largest absolute Gasteiger partial charge is 0.268 e. The molecule has 0 aliphatic heterocycles. The first kappa shape index (κ1) is 17.9. The van der Waals surface area contributed by atoms with Gasteiger partial charge in [0.05, 0.1) is 22.1 Å². The quantitative estimate of drug-likeness (QED) is 0.313. The van der Waals surface area contributed by atoms with E-state index < -0.39 is 0 Å². The van der Waals surface area contributed by atoms with E-state index in [4.69, 9.17) is 9.97 Å². The third-order valence-corrected chi connectivity index (χ3v) is 7.13. The fourth-order valence-corrected chi connectivity index (χ4v) is 5.61. The van der Waals surface area contributed by atoms with Gasteiger partial charge in [-0.3, -0.25) is 18.4 Å². The van der Waals surface area contributed by atoms with Crippen LogP contribution in [0.15, 0.2) is 70.3 Å². The fourth-order valence-electron chi connectivity index (χ4n) is 5.61. The first-order chi connectivity index (χ1) is 16.5. The predicted molar refractivity (Wildman–Crippen MR) is 136 cm³/mol. The molecule has 0 saturated heterocycles. The Hall–Kier alpha value is -4.58. The molecule has 0 aliphatic carbocycles. The Morgan fingerprint density at radius 3 is 1.76 bits per heavy atom. The van der Waals surface area contributed by atoms with Crippen LogP contribution in [0, 0.1) is 13.8 Å². The van der Waals surface area contributed by atoms with E-state index in [0.29, 0.717) is 22.1 Å².